The number of benzene rings is 5. The molecule has 0 N–H and O–H groups in total. The summed E-state index contributed by atoms with van der Waals surface area (Å²) in [5.74, 6) is 1.53. The van der Waals surface area contributed by atoms with Crippen LogP contribution in [0.1, 0.15) is 0 Å². The van der Waals surface area contributed by atoms with Gasteiger partial charge < -0.3 is 14.5 Å². The summed E-state index contributed by atoms with van der Waals surface area (Å²) in [4.78, 5) is 9.30. The van der Waals surface area contributed by atoms with Crippen molar-refractivity contribution in [2.24, 2.45) is 0 Å². The summed E-state index contributed by atoms with van der Waals surface area (Å²) >= 11 is 0. The number of pyridine rings is 1. The van der Waals surface area contributed by atoms with E-state index in [1.54, 1.807) is 0 Å². The van der Waals surface area contributed by atoms with Crippen LogP contribution in [0.5, 0.6) is 11.5 Å². The second-order valence-corrected chi connectivity index (χ2v) is 12.1. The van der Waals surface area contributed by atoms with Crippen molar-refractivity contribution >= 4 is 28.9 Å². The molecule has 0 unspecified atom stereocenters. The van der Waals surface area contributed by atoms with Gasteiger partial charge >= 0.3 is 0 Å². The molecule has 0 saturated carbocycles. The van der Waals surface area contributed by atoms with Gasteiger partial charge in [0.25, 0.3) is 6.71 Å². The first-order chi connectivity index (χ1) is 24.2. The van der Waals surface area contributed by atoms with E-state index in [9.17, 15) is 0 Å². The first-order valence-corrected chi connectivity index (χ1v) is 16.4. The molecule has 49 heavy (non-hydrogen) atoms. The summed E-state index contributed by atoms with van der Waals surface area (Å²) in [6, 6.07) is 54.0. The Bertz CT molecular complexity index is 2210. The molecule has 6 nitrogen and oxygen atoms in total. The van der Waals surface area contributed by atoms with Crippen molar-refractivity contribution in [2.75, 3.05) is 18.6 Å². The molecule has 0 aliphatic carbocycles. The van der Waals surface area contributed by atoms with Crippen LogP contribution in [0.2, 0.25) is 0 Å². The second kappa shape index (κ2) is 13.4. The van der Waals surface area contributed by atoms with Gasteiger partial charge in [-0.2, -0.15) is 5.10 Å². The summed E-state index contributed by atoms with van der Waals surface area (Å²) in [6.45, 7) is 0.540. The molecule has 0 spiro atoms. The molecule has 0 radical (unpaired) electrons. The van der Waals surface area contributed by atoms with E-state index in [2.05, 4.69) is 155 Å². The average Bonchev–Trinajstić information content (AvgIpc) is 3.78. The minimum atomic E-state index is -0.260. The van der Waals surface area contributed by atoms with Gasteiger partial charge in [0.15, 0.2) is 0 Å². The lowest BCUT2D eigenvalue weighted by atomic mass is 9.37. The van der Waals surface area contributed by atoms with Gasteiger partial charge in [0.05, 0.1) is 23.7 Å². The molecule has 236 valence electrons. The van der Waals surface area contributed by atoms with Gasteiger partial charge in [-0.05, 0) is 59.6 Å². The molecule has 1 aliphatic rings. The fraction of sp³-hybridized carbons (Fsp3) is 0.0476. The van der Waals surface area contributed by atoms with Crippen molar-refractivity contribution in [3.63, 3.8) is 0 Å². The van der Waals surface area contributed by atoms with Crippen LogP contribution in [0.4, 0.5) is 5.69 Å². The van der Waals surface area contributed by atoms with Gasteiger partial charge in [0, 0.05) is 48.6 Å². The standard InChI is InChI=1S/C42H34BN5O/c1-46-27-28-47(31-46)36-22-14-24-38(30-36)49-37-23-13-19-34(29-37)43(39-25-11-12-26-44-39)40-41(32-15-5-2-6-16-32)45-48(35-20-9-4-10-21-35)42(40)33-17-7-3-8-18-33/h2-30H,31H2,1H3. The van der Waals surface area contributed by atoms with Crippen LogP contribution in [-0.2, 0) is 0 Å². The Kier molecular flexibility index (Phi) is 8.22. The number of aromatic nitrogens is 3. The molecule has 0 saturated heterocycles. The van der Waals surface area contributed by atoms with Gasteiger partial charge in [0.2, 0.25) is 0 Å². The van der Waals surface area contributed by atoms with Crippen molar-refractivity contribution in [1.29, 1.82) is 0 Å². The fourth-order valence-corrected chi connectivity index (χ4v) is 6.49. The predicted molar refractivity (Wildman–Crippen MR) is 201 cm³/mol. The van der Waals surface area contributed by atoms with E-state index in [0.717, 1.165) is 68.6 Å². The zero-order chi connectivity index (χ0) is 33.0. The van der Waals surface area contributed by atoms with Gasteiger partial charge in [0.1, 0.15) is 11.5 Å². The van der Waals surface area contributed by atoms with E-state index >= 15 is 0 Å². The van der Waals surface area contributed by atoms with Crippen LogP contribution in [0.15, 0.2) is 176 Å². The van der Waals surface area contributed by atoms with E-state index in [0.29, 0.717) is 0 Å². The zero-order valence-electron chi connectivity index (χ0n) is 27.2. The molecule has 5 aromatic carbocycles. The fourth-order valence-electron chi connectivity index (χ4n) is 6.49. The molecule has 0 fully saturated rings. The van der Waals surface area contributed by atoms with Crippen LogP contribution in [0.3, 0.4) is 0 Å². The van der Waals surface area contributed by atoms with Crippen molar-refractivity contribution in [1.82, 2.24) is 19.7 Å². The molecular formula is C42H34BN5O. The maximum atomic E-state index is 6.57. The summed E-state index contributed by atoms with van der Waals surface area (Å²) in [5, 5.41) is 5.39. The summed E-state index contributed by atoms with van der Waals surface area (Å²) < 4.78 is 8.65. The smallest absolute Gasteiger partial charge is 0.270 e. The van der Waals surface area contributed by atoms with Crippen LogP contribution < -0.4 is 26.2 Å². The maximum absolute atomic E-state index is 6.57. The number of hydrogen-bond donors (Lipinski definition) is 0. The molecule has 0 atom stereocenters. The zero-order valence-corrected chi connectivity index (χ0v) is 27.2. The monoisotopic (exact) mass is 635 g/mol. The van der Waals surface area contributed by atoms with Crippen LogP contribution in [0, 0.1) is 0 Å². The van der Waals surface area contributed by atoms with Crippen molar-refractivity contribution in [3.8, 4) is 39.7 Å². The number of nitrogens with zero attached hydrogens (tertiary/aromatic N) is 5. The quantitative estimate of drug-likeness (QED) is 0.159. The minimum absolute atomic E-state index is 0.260. The molecular weight excluding hydrogens is 601 g/mol. The average molecular weight is 636 g/mol. The molecule has 1 aliphatic heterocycles. The highest BCUT2D eigenvalue weighted by Gasteiger charge is 2.34. The number of para-hydroxylation sites is 1. The van der Waals surface area contributed by atoms with Gasteiger partial charge in [-0.25, -0.2) is 4.68 Å². The Labute approximate surface area is 287 Å². The van der Waals surface area contributed by atoms with Gasteiger partial charge in [-0.1, -0.05) is 109 Å². The highest BCUT2D eigenvalue weighted by Crippen LogP contribution is 2.30. The number of rotatable bonds is 9. The van der Waals surface area contributed by atoms with E-state index in [1.165, 1.54) is 0 Å². The van der Waals surface area contributed by atoms with E-state index in [4.69, 9.17) is 14.8 Å². The first-order valence-electron chi connectivity index (χ1n) is 16.4. The predicted octanol–water partition coefficient (Wildman–Crippen LogP) is 7.09. The van der Waals surface area contributed by atoms with Gasteiger partial charge in [-0.15, -0.1) is 0 Å². The third-order valence-corrected chi connectivity index (χ3v) is 8.74. The number of hydrogen-bond acceptors (Lipinski definition) is 5. The minimum Gasteiger partial charge on any atom is -0.457 e. The molecule has 2 aromatic heterocycles. The maximum Gasteiger partial charge on any atom is 0.270 e. The topological polar surface area (TPSA) is 46.4 Å². The Morgan fingerprint density at radius 3 is 1.96 bits per heavy atom. The first kappa shape index (κ1) is 30.0. The lowest BCUT2D eigenvalue weighted by Gasteiger charge is -2.20. The SMILES string of the molecule is CN1C=CN(c2cccc(Oc3cccc(B(c4ccccn4)c4c(-c5ccccc5)nn(-c5ccccc5)c4-c4ccccc4)c3)c2)C1. The highest BCUT2D eigenvalue weighted by molar-refractivity contribution is 6.96. The Morgan fingerprint density at radius 1 is 0.612 bits per heavy atom. The second-order valence-electron chi connectivity index (χ2n) is 12.1. The van der Waals surface area contributed by atoms with Crippen molar-refractivity contribution in [3.05, 3.63) is 176 Å². The number of anilines is 1. The lowest BCUT2D eigenvalue weighted by molar-refractivity contribution is 0.481. The van der Waals surface area contributed by atoms with Crippen LogP contribution in [0.25, 0.3) is 28.2 Å². The molecule has 8 rings (SSSR count). The van der Waals surface area contributed by atoms with E-state index in [-0.39, 0.29) is 6.71 Å². The van der Waals surface area contributed by atoms with E-state index < -0.39 is 0 Å². The third kappa shape index (κ3) is 6.22. The molecule has 3 heterocycles. The van der Waals surface area contributed by atoms with Crippen LogP contribution >= 0.6 is 0 Å². The Balaban J connectivity index is 1.31. The largest absolute Gasteiger partial charge is 0.457 e. The molecule has 7 heteroatoms. The lowest BCUT2D eigenvalue weighted by Crippen LogP contribution is -2.54. The number of ether oxygens (including phenoxy) is 1. The summed E-state index contributed by atoms with van der Waals surface area (Å²) in [5.41, 5.74) is 9.15. The molecule has 0 bridgehead atoms. The third-order valence-electron chi connectivity index (χ3n) is 8.74. The van der Waals surface area contributed by atoms with Gasteiger partial charge in [-0.3, -0.25) is 4.98 Å². The van der Waals surface area contributed by atoms with Crippen LogP contribution in [-0.4, -0.2) is 40.1 Å². The van der Waals surface area contributed by atoms with E-state index in [1.807, 2.05) is 42.6 Å². The highest BCUT2D eigenvalue weighted by atomic mass is 16.5. The molecule has 7 aromatic rings. The summed E-state index contributed by atoms with van der Waals surface area (Å²) in [7, 11) is 2.07. The van der Waals surface area contributed by atoms with Crippen molar-refractivity contribution in [2.45, 2.75) is 0 Å². The van der Waals surface area contributed by atoms with Crippen molar-refractivity contribution < 1.29 is 4.74 Å². The summed E-state index contributed by atoms with van der Waals surface area (Å²) in [6.07, 6.45) is 6.02. The Hall–Kier alpha value is -6.34. The molecule has 0 amide bonds. The Morgan fingerprint density at radius 2 is 1.27 bits per heavy atom. The normalized spacial score (nSPS) is 12.3.